The third-order valence-electron chi connectivity index (χ3n) is 3.30. The molecule has 3 N–H and O–H groups in total. The van der Waals surface area contributed by atoms with Crippen LogP contribution in [0.3, 0.4) is 0 Å². The van der Waals surface area contributed by atoms with Crippen molar-refractivity contribution in [2.45, 2.75) is 45.2 Å². The van der Waals surface area contributed by atoms with Gasteiger partial charge in [0.25, 0.3) is 0 Å². The summed E-state index contributed by atoms with van der Waals surface area (Å²) in [7, 11) is 0. The van der Waals surface area contributed by atoms with E-state index in [0.717, 1.165) is 39.3 Å². The average molecular weight is 294 g/mol. The first-order valence-electron chi connectivity index (χ1n) is 6.85. The van der Waals surface area contributed by atoms with E-state index in [0.29, 0.717) is 6.42 Å². The zero-order chi connectivity index (χ0) is 13.6. The van der Waals surface area contributed by atoms with E-state index < -0.39 is 5.54 Å². The molecule has 1 aliphatic heterocycles. The molecule has 114 valence electrons. The van der Waals surface area contributed by atoms with Crippen molar-refractivity contribution in [2.75, 3.05) is 32.8 Å². The molecule has 1 fully saturated rings. The van der Waals surface area contributed by atoms with Gasteiger partial charge in [0.1, 0.15) is 0 Å². The number of halogens is 1. The third-order valence-corrected chi connectivity index (χ3v) is 3.30. The zero-order valence-corrected chi connectivity index (χ0v) is 13.1. The molecule has 0 bridgehead atoms. The van der Waals surface area contributed by atoms with Crippen LogP contribution in [0.1, 0.15) is 33.6 Å². The minimum absolute atomic E-state index is 0. The van der Waals surface area contributed by atoms with E-state index in [9.17, 15) is 4.79 Å². The van der Waals surface area contributed by atoms with Crippen LogP contribution in [0.25, 0.3) is 0 Å². The van der Waals surface area contributed by atoms with Crippen LogP contribution in [0.5, 0.6) is 0 Å². The molecule has 5 nitrogen and oxygen atoms in total. The maximum Gasteiger partial charge on any atom is 0.240 e. The third kappa shape index (κ3) is 6.56. The molecular formula is C13H28ClN3O2. The Labute approximate surface area is 122 Å². The van der Waals surface area contributed by atoms with Gasteiger partial charge in [0, 0.05) is 25.7 Å². The summed E-state index contributed by atoms with van der Waals surface area (Å²) < 4.78 is 5.30. The second-order valence-electron chi connectivity index (χ2n) is 5.45. The van der Waals surface area contributed by atoms with Crippen LogP contribution in [0.15, 0.2) is 0 Å². The number of nitrogens with zero attached hydrogens (tertiary/aromatic N) is 1. The first kappa shape index (κ1) is 18.6. The molecule has 2 unspecified atom stereocenters. The molecule has 0 saturated carbocycles. The summed E-state index contributed by atoms with van der Waals surface area (Å²) in [5.41, 5.74) is 5.25. The highest BCUT2D eigenvalue weighted by Crippen LogP contribution is 2.09. The predicted octanol–water partition coefficient (Wildman–Crippen LogP) is 0.763. The molecule has 0 radical (unpaired) electrons. The topological polar surface area (TPSA) is 67.6 Å². The summed E-state index contributed by atoms with van der Waals surface area (Å²) in [6.45, 7) is 10.2. The lowest BCUT2D eigenvalue weighted by Crippen LogP contribution is -2.55. The molecule has 0 aliphatic carbocycles. The molecule has 2 atom stereocenters. The highest BCUT2D eigenvalue weighted by Gasteiger charge is 2.28. The number of carbonyl (C=O) groups excluding carboxylic acids is 1. The molecule has 19 heavy (non-hydrogen) atoms. The smallest absolute Gasteiger partial charge is 0.240 e. The predicted molar refractivity (Wildman–Crippen MR) is 79.6 cm³/mol. The molecule has 1 saturated heterocycles. The van der Waals surface area contributed by atoms with Gasteiger partial charge in [-0.3, -0.25) is 9.69 Å². The fraction of sp³-hybridized carbons (Fsp3) is 0.923. The van der Waals surface area contributed by atoms with Crippen molar-refractivity contribution < 1.29 is 9.53 Å². The molecule has 0 aromatic rings. The average Bonchev–Trinajstić information content (AvgIpc) is 2.29. The van der Waals surface area contributed by atoms with Gasteiger partial charge in [-0.1, -0.05) is 13.3 Å². The van der Waals surface area contributed by atoms with Crippen LogP contribution in [0.2, 0.25) is 0 Å². The molecule has 1 aliphatic rings. The number of rotatable bonds is 6. The number of ether oxygens (including phenoxy) is 1. The van der Waals surface area contributed by atoms with Crippen molar-refractivity contribution in [3.8, 4) is 0 Å². The van der Waals surface area contributed by atoms with E-state index in [1.165, 1.54) is 0 Å². The molecule has 1 rings (SSSR count). The van der Waals surface area contributed by atoms with E-state index in [2.05, 4.69) is 10.2 Å². The molecule has 6 heteroatoms. The summed E-state index contributed by atoms with van der Waals surface area (Å²) in [5, 5.41) is 3.01. The van der Waals surface area contributed by atoms with Crippen LogP contribution in [0.4, 0.5) is 0 Å². The highest BCUT2D eigenvalue weighted by atomic mass is 35.5. The van der Waals surface area contributed by atoms with Crippen LogP contribution < -0.4 is 11.1 Å². The van der Waals surface area contributed by atoms with Crippen LogP contribution in [-0.2, 0) is 9.53 Å². The lowest BCUT2D eigenvalue weighted by atomic mass is 9.96. The number of morpholine rings is 1. The van der Waals surface area contributed by atoms with Gasteiger partial charge < -0.3 is 15.8 Å². The minimum Gasteiger partial charge on any atom is -0.379 e. The van der Waals surface area contributed by atoms with Crippen molar-refractivity contribution >= 4 is 18.3 Å². The van der Waals surface area contributed by atoms with Crippen LogP contribution >= 0.6 is 12.4 Å². The zero-order valence-electron chi connectivity index (χ0n) is 12.3. The Morgan fingerprint density at radius 2 is 2.05 bits per heavy atom. The number of hydrogen-bond donors (Lipinski definition) is 2. The van der Waals surface area contributed by atoms with Crippen molar-refractivity contribution in [1.29, 1.82) is 0 Å². The largest absolute Gasteiger partial charge is 0.379 e. The summed E-state index contributed by atoms with van der Waals surface area (Å²) in [5.74, 6) is -0.0508. The number of nitrogens with two attached hydrogens (primary N) is 1. The van der Waals surface area contributed by atoms with Gasteiger partial charge in [-0.05, 0) is 20.3 Å². The summed E-state index contributed by atoms with van der Waals surface area (Å²) in [6.07, 6.45) is 1.63. The number of hydrogen-bond acceptors (Lipinski definition) is 4. The molecule has 1 heterocycles. The number of amides is 1. The SMILES string of the molecule is CCCC(C)(N)C(=O)NC(C)CN1CCOCC1.Cl. The second-order valence-corrected chi connectivity index (χ2v) is 5.45. The van der Waals surface area contributed by atoms with Gasteiger partial charge in [0.05, 0.1) is 18.8 Å². The summed E-state index contributed by atoms with van der Waals surface area (Å²) >= 11 is 0. The van der Waals surface area contributed by atoms with Crippen molar-refractivity contribution in [2.24, 2.45) is 5.73 Å². The van der Waals surface area contributed by atoms with E-state index in [1.807, 2.05) is 13.8 Å². The first-order valence-corrected chi connectivity index (χ1v) is 6.85. The quantitative estimate of drug-likeness (QED) is 0.759. The van der Waals surface area contributed by atoms with Gasteiger partial charge >= 0.3 is 0 Å². The maximum absolute atomic E-state index is 12.0. The van der Waals surface area contributed by atoms with Crippen LogP contribution in [0, 0.1) is 0 Å². The Morgan fingerprint density at radius 1 is 1.47 bits per heavy atom. The van der Waals surface area contributed by atoms with Crippen molar-refractivity contribution in [1.82, 2.24) is 10.2 Å². The monoisotopic (exact) mass is 293 g/mol. The normalized spacial score (nSPS) is 21.1. The Morgan fingerprint density at radius 3 is 2.58 bits per heavy atom. The van der Waals surface area contributed by atoms with Gasteiger partial charge in [0.2, 0.25) is 5.91 Å². The van der Waals surface area contributed by atoms with Crippen molar-refractivity contribution in [3.63, 3.8) is 0 Å². The van der Waals surface area contributed by atoms with E-state index in [-0.39, 0.29) is 24.4 Å². The maximum atomic E-state index is 12.0. The molecule has 0 spiro atoms. The Balaban J connectivity index is 0.00000324. The number of nitrogens with one attached hydrogen (secondary N) is 1. The molecular weight excluding hydrogens is 266 g/mol. The Hall–Kier alpha value is -0.360. The second kappa shape index (κ2) is 8.74. The standard InChI is InChI=1S/C13H27N3O2.ClH/c1-4-5-13(3,14)12(17)15-11(2)10-16-6-8-18-9-7-16;/h11H,4-10,14H2,1-3H3,(H,15,17);1H. The van der Waals surface area contributed by atoms with Gasteiger partial charge in [-0.25, -0.2) is 0 Å². The molecule has 1 amide bonds. The molecule has 0 aromatic carbocycles. The Bertz CT molecular complexity index is 269. The van der Waals surface area contributed by atoms with E-state index in [4.69, 9.17) is 10.5 Å². The fourth-order valence-corrected chi connectivity index (χ4v) is 2.24. The van der Waals surface area contributed by atoms with Gasteiger partial charge in [-0.2, -0.15) is 0 Å². The first-order chi connectivity index (χ1) is 8.45. The lowest BCUT2D eigenvalue weighted by Gasteiger charge is -2.31. The summed E-state index contributed by atoms with van der Waals surface area (Å²) in [6, 6.07) is 0.121. The van der Waals surface area contributed by atoms with Crippen LogP contribution in [-0.4, -0.2) is 55.2 Å². The highest BCUT2D eigenvalue weighted by molar-refractivity contribution is 5.86. The fourth-order valence-electron chi connectivity index (χ4n) is 2.24. The summed E-state index contributed by atoms with van der Waals surface area (Å²) in [4.78, 5) is 14.3. The minimum atomic E-state index is -0.756. The molecule has 0 aromatic heterocycles. The van der Waals surface area contributed by atoms with E-state index >= 15 is 0 Å². The van der Waals surface area contributed by atoms with Gasteiger partial charge in [0.15, 0.2) is 0 Å². The van der Waals surface area contributed by atoms with E-state index in [1.54, 1.807) is 6.92 Å². The Kier molecular flexibility index (Phi) is 8.57. The van der Waals surface area contributed by atoms with Gasteiger partial charge in [-0.15, -0.1) is 12.4 Å². The number of carbonyl (C=O) groups is 1. The lowest BCUT2D eigenvalue weighted by molar-refractivity contribution is -0.126. The van der Waals surface area contributed by atoms with Crippen molar-refractivity contribution in [3.05, 3.63) is 0 Å².